The molecule has 0 spiro atoms. The van der Waals surface area contributed by atoms with Crippen molar-refractivity contribution in [1.29, 1.82) is 5.26 Å². The third-order valence-corrected chi connectivity index (χ3v) is 3.39. The van der Waals surface area contributed by atoms with Crippen molar-refractivity contribution in [2.45, 2.75) is 6.92 Å². The number of fused-ring (bicyclic) bond motifs is 1. The molecule has 5 heteroatoms. The summed E-state index contributed by atoms with van der Waals surface area (Å²) in [5.41, 5.74) is 0.941. The Morgan fingerprint density at radius 1 is 1.53 bits per heavy atom. The molecule has 0 amide bonds. The molecule has 1 aromatic carbocycles. The van der Waals surface area contributed by atoms with Gasteiger partial charge in [0.25, 0.3) is 0 Å². The molecular formula is C12H9FN2OS. The number of thiazole rings is 1. The number of nitriles is 1. The Kier molecular flexibility index (Phi) is 3.07. The molecule has 0 N–H and O–H groups in total. The molecule has 0 aliphatic carbocycles. The average Bonchev–Trinajstić information content (AvgIpc) is 2.72. The van der Waals surface area contributed by atoms with Crippen LogP contribution in [0.2, 0.25) is 0 Å². The maximum absolute atomic E-state index is 13.0. The van der Waals surface area contributed by atoms with Crippen LogP contribution in [0.4, 0.5) is 4.39 Å². The fourth-order valence-electron chi connectivity index (χ4n) is 1.39. The summed E-state index contributed by atoms with van der Waals surface area (Å²) >= 11 is 1.34. The summed E-state index contributed by atoms with van der Waals surface area (Å²) < 4.78 is 18.9. The highest BCUT2D eigenvalue weighted by Gasteiger charge is 2.12. The molecule has 0 radical (unpaired) electrons. The number of rotatable bonds is 2. The summed E-state index contributed by atoms with van der Waals surface area (Å²) in [6, 6.07) is 6.44. The van der Waals surface area contributed by atoms with Gasteiger partial charge in [0.1, 0.15) is 28.2 Å². The van der Waals surface area contributed by atoms with E-state index in [1.807, 2.05) is 0 Å². The lowest BCUT2D eigenvalue weighted by atomic mass is 10.2. The molecule has 0 aliphatic rings. The summed E-state index contributed by atoms with van der Waals surface area (Å²) in [4.78, 5) is 4.23. The van der Waals surface area contributed by atoms with Crippen molar-refractivity contribution >= 4 is 27.1 Å². The first-order valence-corrected chi connectivity index (χ1v) is 5.68. The van der Waals surface area contributed by atoms with Crippen LogP contribution < -0.4 is 0 Å². The third kappa shape index (κ3) is 2.12. The molecule has 0 saturated heterocycles. The number of halogens is 1. The minimum Gasteiger partial charge on any atom is -0.500 e. The smallest absolute Gasteiger partial charge is 0.138 e. The lowest BCUT2D eigenvalue weighted by Crippen LogP contribution is -1.88. The summed E-state index contributed by atoms with van der Waals surface area (Å²) in [5.74, 6) is 0.173. The first kappa shape index (κ1) is 11.6. The molecule has 2 rings (SSSR count). The van der Waals surface area contributed by atoms with Gasteiger partial charge in [-0.3, -0.25) is 0 Å². The van der Waals surface area contributed by atoms with Gasteiger partial charge in [-0.05, 0) is 19.1 Å². The topological polar surface area (TPSA) is 45.9 Å². The van der Waals surface area contributed by atoms with E-state index in [0.717, 1.165) is 4.70 Å². The monoisotopic (exact) mass is 248 g/mol. The molecule has 3 nitrogen and oxygen atoms in total. The largest absolute Gasteiger partial charge is 0.500 e. The number of nitrogens with zero attached hydrogens (tertiary/aromatic N) is 2. The Bertz CT molecular complexity index is 639. The molecule has 2 aromatic rings. The second-order valence-electron chi connectivity index (χ2n) is 3.38. The normalized spacial score (nSPS) is 12.1. The van der Waals surface area contributed by atoms with Gasteiger partial charge in [0, 0.05) is 6.07 Å². The molecule has 0 aliphatic heterocycles. The van der Waals surface area contributed by atoms with E-state index in [1.54, 1.807) is 13.0 Å². The van der Waals surface area contributed by atoms with Gasteiger partial charge in [-0.25, -0.2) is 9.37 Å². The molecule has 86 valence electrons. The average molecular weight is 248 g/mol. The maximum Gasteiger partial charge on any atom is 0.138 e. The summed E-state index contributed by atoms with van der Waals surface area (Å²) in [6.45, 7) is 1.70. The highest BCUT2D eigenvalue weighted by atomic mass is 32.1. The van der Waals surface area contributed by atoms with E-state index >= 15 is 0 Å². The SMILES string of the molecule is CO/C(C)=C(\C#N)c1nc2cc(F)ccc2s1. The zero-order valence-corrected chi connectivity index (χ0v) is 10.1. The summed E-state index contributed by atoms with van der Waals surface area (Å²) in [6.07, 6.45) is 0. The molecule has 0 bridgehead atoms. The van der Waals surface area contributed by atoms with E-state index < -0.39 is 0 Å². The number of hydrogen-bond donors (Lipinski definition) is 0. The number of ether oxygens (including phenoxy) is 1. The van der Waals surface area contributed by atoms with Crippen molar-refractivity contribution in [2.24, 2.45) is 0 Å². The van der Waals surface area contributed by atoms with Crippen molar-refractivity contribution in [3.05, 3.63) is 34.8 Å². The minimum atomic E-state index is -0.333. The quantitative estimate of drug-likeness (QED) is 0.605. The van der Waals surface area contributed by atoms with Crippen LogP contribution in [0.25, 0.3) is 15.8 Å². The van der Waals surface area contributed by atoms with Crippen LogP contribution in [-0.2, 0) is 4.74 Å². The first-order chi connectivity index (χ1) is 8.15. The molecule has 0 atom stereocenters. The van der Waals surface area contributed by atoms with E-state index in [9.17, 15) is 4.39 Å². The zero-order chi connectivity index (χ0) is 12.4. The highest BCUT2D eigenvalue weighted by Crippen LogP contribution is 2.29. The predicted molar refractivity (Wildman–Crippen MR) is 64.8 cm³/mol. The number of aromatic nitrogens is 1. The van der Waals surface area contributed by atoms with Crippen LogP contribution in [0.1, 0.15) is 11.9 Å². The van der Waals surface area contributed by atoms with Gasteiger partial charge in [-0.2, -0.15) is 5.26 Å². The Hall–Kier alpha value is -1.93. The summed E-state index contributed by atoms with van der Waals surface area (Å²) in [5, 5.41) is 9.61. The molecule has 0 unspecified atom stereocenters. The Morgan fingerprint density at radius 3 is 2.94 bits per heavy atom. The Balaban J connectivity index is 2.61. The lowest BCUT2D eigenvalue weighted by Gasteiger charge is -1.99. The minimum absolute atomic E-state index is 0.333. The number of hydrogen-bond acceptors (Lipinski definition) is 4. The predicted octanol–water partition coefficient (Wildman–Crippen LogP) is 3.34. The van der Waals surface area contributed by atoms with Crippen molar-refractivity contribution < 1.29 is 9.13 Å². The molecular weight excluding hydrogens is 239 g/mol. The molecule has 0 saturated carbocycles. The van der Waals surface area contributed by atoms with Crippen LogP contribution >= 0.6 is 11.3 Å². The molecule has 1 heterocycles. The Morgan fingerprint density at radius 2 is 2.29 bits per heavy atom. The maximum atomic E-state index is 13.0. The van der Waals surface area contributed by atoms with Crippen LogP contribution in [0.3, 0.4) is 0 Å². The fourth-order valence-corrected chi connectivity index (χ4v) is 2.38. The fraction of sp³-hybridized carbons (Fsp3) is 0.167. The van der Waals surface area contributed by atoms with Crippen LogP contribution in [0.15, 0.2) is 24.0 Å². The van der Waals surface area contributed by atoms with E-state index in [2.05, 4.69) is 11.1 Å². The van der Waals surface area contributed by atoms with Gasteiger partial charge in [0.15, 0.2) is 0 Å². The number of benzene rings is 1. The zero-order valence-electron chi connectivity index (χ0n) is 9.32. The van der Waals surface area contributed by atoms with Gasteiger partial charge in [-0.15, -0.1) is 11.3 Å². The van der Waals surface area contributed by atoms with Gasteiger partial charge < -0.3 is 4.74 Å². The Labute approximate surface area is 102 Å². The van der Waals surface area contributed by atoms with E-state index in [0.29, 0.717) is 21.9 Å². The van der Waals surface area contributed by atoms with E-state index in [1.165, 1.54) is 30.6 Å². The van der Waals surface area contributed by atoms with Gasteiger partial charge >= 0.3 is 0 Å². The standard InChI is InChI=1S/C12H9FN2OS/c1-7(16-2)9(6-14)12-15-10-5-8(13)3-4-11(10)17-12/h3-5H,1-2H3/b9-7+. The van der Waals surface area contributed by atoms with Crippen LogP contribution in [0.5, 0.6) is 0 Å². The van der Waals surface area contributed by atoms with Crippen molar-refractivity contribution in [3.8, 4) is 6.07 Å². The number of allylic oxidation sites excluding steroid dienone is 2. The second kappa shape index (κ2) is 4.52. The third-order valence-electron chi connectivity index (χ3n) is 2.33. The second-order valence-corrected chi connectivity index (χ2v) is 4.41. The van der Waals surface area contributed by atoms with Crippen LogP contribution in [0, 0.1) is 17.1 Å². The van der Waals surface area contributed by atoms with Gasteiger partial charge in [0.2, 0.25) is 0 Å². The first-order valence-electron chi connectivity index (χ1n) is 4.87. The van der Waals surface area contributed by atoms with E-state index in [4.69, 9.17) is 10.00 Å². The molecule has 17 heavy (non-hydrogen) atoms. The van der Waals surface area contributed by atoms with E-state index in [-0.39, 0.29) is 5.82 Å². The van der Waals surface area contributed by atoms with Crippen molar-refractivity contribution in [3.63, 3.8) is 0 Å². The lowest BCUT2D eigenvalue weighted by molar-refractivity contribution is 0.296. The molecule has 1 aromatic heterocycles. The van der Waals surface area contributed by atoms with Crippen molar-refractivity contribution in [2.75, 3.05) is 7.11 Å². The van der Waals surface area contributed by atoms with Crippen LogP contribution in [-0.4, -0.2) is 12.1 Å². The molecule has 0 fully saturated rings. The van der Waals surface area contributed by atoms with Gasteiger partial charge in [0.05, 0.1) is 17.3 Å². The summed E-state index contributed by atoms with van der Waals surface area (Å²) in [7, 11) is 1.50. The van der Waals surface area contributed by atoms with Crippen molar-refractivity contribution in [1.82, 2.24) is 4.98 Å². The van der Waals surface area contributed by atoms with Gasteiger partial charge in [-0.1, -0.05) is 0 Å². The number of methoxy groups -OCH3 is 1. The highest BCUT2D eigenvalue weighted by molar-refractivity contribution is 7.19.